The predicted molar refractivity (Wildman–Crippen MR) is 171 cm³/mol. The highest BCUT2D eigenvalue weighted by atomic mass is 32.2. The second kappa shape index (κ2) is 12.1. The van der Waals surface area contributed by atoms with Gasteiger partial charge in [0.1, 0.15) is 18.2 Å². The highest BCUT2D eigenvalue weighted by molar-refractivity contribution is 8.00. The van der Waals surface area contributed by atoms with Crippen LogP contribution >= 0.6 is 11.8 Å². The summed E-state index contributed by atoms with van der Waals surface area (Å²) in [4.78, 5) is 28.9. The number of hydrogen-bond donors (Lipinski definition) is 1. The van der Waals surface area contributed by atoms with E-state index in [-0.39, 0.29) is 48.5 Å². The summed E-state index contributed by atoms with van der Waals surface area (Å²) in [6, 6.07) is 29.5. The van der Waals surface area contributed by atoms with Crippen LogP contribution in [0.1, 0.15) is 27.5 Å². The van der Waals surface area contributed by atoms with Crippen LogP contribution in [0.25, 0.3) is 16.9 Å². The van der Waals surface area contributed by atoms with Crippen molar-refractivity contribution in [3.63, 3.8) is 0 Å². The molecule has 3 heterocycles. The van der Waals surface area contributed by atoms with Crippen LogP contribution in [0.5, 0.6) is 11.5 Å². The van der Waals surface area contributed by atoms with E-state index in [1.807, 2.05) is 79.7 Å². The molecule has 226 valence electrons. The number of aromatic nitrogens is 2. The van der Waals surface area contributed by atoms with Gasteiger partial charge < -0.3 is 14.8 Å². The maximum absolute atomic E-state index is 14.0. The van der Waals surface area contributed by atoms with Gasteiger partial charge in [-0.05, 0) is 54.4 Å². The molecule has 5 aromatic rings. The molecular weight excluding hydrogens is 591 g/mol. The minimum Gasteiger partial charge on any atom is -0.454 e. The third-order valence-corrected chi connectivity index (χ3v) is 9.07. The normalized spacial score (nSPS) is 15.5. The van der Waals surface area contributed by atoms with Crippen LogP contribution in [0.2, 0.25) is 0 Å². The zero-order chi connectivity index (χ0) is 30.9. The molecule has 1 atom stereocenters. The standard InChI is InChI=1S/C35H29FN4O4S/c1-22-7-14-27(15-8-22)40-35-32(33(38-40)24-5-3-2-4-6-24)34(25-11-16-28-29(17-25)44-21-43-28)45-20-31(42)39(35)19-30(41)37-18-23-9-12-26(36)13-10-23/h2-17,34H,18-21H2,1H3,(H,37,41). The predicted octanol–water partition coefficient (Wildman–Crippen LogP) is 6.20. The molecule has 2 aliphatic rings. The van der Waals surface area contributed by atoms with E-state index >= 15 is 0 Å². The molecule has 4 aromatic carbocycles. The number of ether oxygens (including phenoxy) is 2. The van der Waals surface area contributed by atoms with Crippen LogP contribution in [0.15, 0.2) is 97.1 Å². The van der Waals surface area contributed by atoms with Crippen molar-refractivity contribution < 1.29 is 23.5 Å². The van der Waals surface area contributed by atoms with Gasteiger partial charge in [0.15, 0.2) is 11.5 Å². The zero-order valence-corrected chi connectivity index (χ0v) is 25.2. The molecule has 8 nitrogen and oxygen atoms in total. The second-order valence-corrected chi connectivity index (χ2v) is 12.0. The summed E-state index contributed by atoms with van der Waals surface area (Å²) in [7, 11) is 0. The molecule has 1 N–H and O–H groups in total. The summed E-state index contributed by atoms with van der Waals surface area (Å²) < 4.78 is 26.5. The van der Waals surface area contributed by atoms with Crippen LogP contribution in [-0.2, 0) is 16.1 Å². The van der Waals surface area contributed by atoms with Crippen LogP contribution in [0, 0.1) is 12.7 Å². The van der Waals surface area contributed by atoms with Crippen LogP contribution in [-0.4, -0.2) is 40.7 Å². The molecule has 7 rings (SSSR count). The van der Waals surface area contributed by atoms with Gasteiger partial charge in [0, 0.05) is 17.7 Å². The summed E-state index contributed by atoms with van der Waals surface area (Å²) in [5.41, 5.74) is 5.96. The summed E-state index contributed by atoms with van der Waals surface area (Å²) in [6.07, 6.45) is 0. The summed E-state index contributed by atoms with van der Waals surface area (Å²) in [6.45, 7) is 2.15. The molecule has 0 saturated carbocycles. The quantitative estimate of drug-likeness (QED) is 0.233. The van der Waals surface area contributed by atoms with Crippen molar-refractivity contribution in [3.05, 3.63) is 125 Å². The third-order valence-electron chi connectivity index (χ3n) is 7.82. The molecule has 1 aromatic heterocycles. The molecule has 2 aliphatic heterocycles. The Hall–Kier alpha value is -5.09. The van der Waals surface area contributed by atoms with E-state index in [4.69, 9.17) is 14.6 Å². The Bertz CT molecular complexity index is 1880. The molecule has 0 radical (unpaired) electrons. The average Bonchev–Trinajstić information content (AvgIpc) is 3.66. The van der Waals surface area contributed by atoms with Crippen molar-refractivity contribution in [2.24, 2.45) is 0 Å². The lowest BCUT2D eigenvalue weighted by molar-refractivity contribution is -0.123. The summed E-state index contributed by atoms with van der Waals surface area (Å²) in [5, 5.41) is 7.72. The van der Waals surface area contributed by atoms with Gasteiger partial charge in [-0.1, -0.05) is 66.2 Å². The van der Waals surface area contributed by atoms with Crippen molar-refractivity contribution in [2.45, 2.75) is 18.7 Å². The number of rotatable bonds is 7. The Balaban J connectivity index is 1.36. The van der Waals surface area contributed by atoms with E-state index in [1.165, 1.54) is 28.8 Å². The van der Waals surface area contributed by atoms with Gasteiger partial charge in [0.25, 0.3) is 0 Å². The lowest BCUT2D eigenvalue weighted by Crippen LogP contribution is -2.42. The Kier molecular flexibility index (Phi) is 7.72. The number of carbonyl (C=O) groups excluding carboxylic acids is 2. The number of thioether (sulfide) groups is 1. The second-order valence-electron chi connectivity index (χ2n) is 10.9. The number of carbonyl (C=O) groups is 2. The summed E-state index contributed by atoms with van der Waals surface area (Å²) in [5.74, 6) is 1.09. The number of hydrogen-bond acceptors (Lipinski definition) is 6. The molecule has 2 amide bonds. The maximum Gasteiger partial charge on any atom is 0.240 e. The Morgan fingerprint density at radius 1 is 0.978 bits per heavy atom. The number of halogens is 1. The Morgan fingerprint density at radius 3 is 2.51 bits per heavy atom. The molecule has 0 fully saturated rings. The van der Waals surface area contributed by atoms with Crippen molar-refractivity contribution in [3.8, 4) is 28.4 Å². The zero-order valence-electron chi connectivity index (χ0n) is 24.4. The third kappa shape index (κ3) is 5.76. The van der Waals surface area contributed by atoms with Crippen molar-refractivity contribution in [1.82, 2.24) is 15.1 Å². The molecule has 0 aliphatic carbocycles. The van der Waals surface area contributed by atoms with E-state index < -0.39 is 0 Å². The fourth-order valence-electron chi connectivity index (χ4n) is 5.54. The molecule has 10 heteroatoms. The van der Waals surface area contributed by atoms with Gasteiger partial charge in [-0.2, -0.15) is 5.10 Å². The molecular formula is C35H29FN4O4S. The number of nitrogens with zero attached hydrogens (tertiary/aromatic N) is 3. The largest absolute Gasteiger partial charge is 0.454 e. The van der Waals surface area contributed by atoms with Gasteiger partial charge in [-0.3, -0.25) is 14.5 Å². The first-order valence-corrected chi connectivity index (χ1v) is 15.6. The van der Waals surface area contributed by atoms with Crippen molar-refractivity contribution >= 4 is 29.4 Å². The van der Waals surface area contributed by atoms with Gasteiger partial charge in [0.05, 0.1) is 22.4 Å². The monoisotopic (exact) mass is 620 g/mol. The van der Waals surface area contributed by atoms with Gasteiger partial charge in [-0.15, -0.1) is 11.8 Å². The maximum atomic E-state index is 14.0. The highest BCUT2D eigenvalue weighted by Gasteiger charge is 2.38. The van der Waals surface area contributed by atoms with E-state index in [9.17, 15) is 14.0 Å². The fraction of sp³-hybridized carbons (Fsp3) is 0.171. The summed E-state index contributed by atoms with van der Waals surface area (Å²) >= 11 is 1.49. The van der Waals surface area contributed by atoms with Crippen LogP contribution in [0.3, 0.4) is 0 Å². The highest BCUT2D eigenvalue weighted by Crippen LogP contribution is 2.50. The molecule has 1 unspecified atom stereocenters. The van der Waals surface area contributed by atoms with Gasteiger partial charge in [0.2, 0.25) is 18.6 Å². The van der Waals surface area contributed by atoms with Crippen molar-refractivity contribution in [1.29, 1.82) is 0 Å². The molecule has 0 spiro atoms. The topological polar surface area (TPSA) is 85.7 Å². The number of benzene rings is 4. The van der Waals surface area contributed by atoms with Crippen molar-refractivity contribution in [2.75, 3.05) is 24.0 Å². The molecule has 45 heavy (non-hydrogen) atoms. The van der Waals surface area contributed by atoms with E-state index in [0.717, 1.165) is 33.5 Å². The first-order chi connectivity index (χ1) is 21.9. The minimum atomic E-state index is -0.346. The first-order valence-electron chi connectivity index (χ1n) is 14.5. The number of amides is 2. The molecule has 0 bridgehead atoms. The lowest BCUT2D eigenvalue weighted by atomic mass is 9.99. The van der Waals surface area contributed by atoms with Gasteiger partial charge in [-0.25, -0.2) is 9.07 Å². The lowest BCUT2D eigenvalue weighted by Gasteiger charge is -2.23. The number of aryl methyl sites for hydroxylation is 1. The smallest absolute Gasteiger partial charge is 0.240 e. The van der Waals surface area contributed by atoms with Crippen LogP contribution < -0.4 is 19.7 Å². The van der Waals surface area contributed by atoms with E-state index in [0.29, 0.717) is 23.0 Å². The van der Waals surface area contributed by atoms with E-state index in [1.54, 1.807) is 16.8 Å². The SMILES string of the molecule is Cc1ccc(-n2nc(-c3ccccc3)c3c2N(CC(=O)NCc2ccc(F)cc2)C(=O)CSC3c2ccc3c(c2)OCO3)cc1. The Morgan fingerprint density at radius 2 is 1.73 bits per heavy atom. The number of anilines is 1. The van der Waals surface area contributed by atoms with Crippen LogP contribution in [0.4, 0.5) is 10.2 Å². The first kappa shape index (κ1) is 28.7. The fourth-order valence-corrected chi connectivity index (χ4v) is 6.72. The number of fused-ring (bicyclic) bond motifs is 2. The van der Waals surface area contributed by atoms with Gasteiger partial charge >= 0.3 is 0 Å². The average molecular weight is 621 g/mol. The molecule has 0 saturated heterocycles. The van der Waals surface area contributed by atoms with E-state index in [2.05, 4.69) is 5.32 Å². The minimum absolute atomic E-state index is 0.140. The Labute approximate surface area is 263 Å². The number of nitrogens with one attached hydrogen (secondary N) is 1.